The van der Waals surface area contributed by atoms with Gasteiger partial charge in [0, 0.05) is 43.8 Å². The van der Waals surface area contributed by atoms with E-state index in [9.17, 15) is 4.79 Å². The van der Waals surface area contributed by atoms with Crippen molar-refractivity contribution in [3.63, 3.8) is 0 Å². The maximum atomic E-state index is 12.3. The number of nitrogens with zero attached hydrogens (tertiary/aromatic N) is 4. The summed E-state index contributed by atoms with van der Waals surface area (Å²) in [5.41, 5.74) is 0.921. The van der Waals surface area contributed by atoms with E-state index < -0.39 is 0 Å². The lowest BCUT2D eigenvalue weighted by molar-refractivity contribution is -0.0154. The zero-order chi connectivity index (χ0) is 16.1. The first-order valence-electron chi connectivity index (χ1n) is 7.86. The van der Waals surface area contributed by atoms with Crippen molar-refractivity contribution in [2.75, 3.05) is 19.7 Å². The van der Waals surface area contributed by atoms with E-state index in [0.29, 0.717) is 26.2 Å². The second kappa shape index (κ2) is 7.23. The lowest BCUT2D eigenvalue weighted by Crippen LogP contribution is -2.49. The van der Waals surface area contributed by atoms with Crippen LogP contribution in [0.15, 0.2) is 36.8 Å². The molecule has 0 aliphatic carbocycles. The Kier molecular flexibility index (Phi) is 4.87. The molecule has 7 heteroatoms. The first-order chi connectivity index (χ1) is 11.3. The third-order valence-electron chi connectivity index (χ3n) is 3.90. The van der Waals surface area contributed by atoms with Gasteiger partial charge in [-0.15, -0.1) is 0 Å². The van der Waals surface area contributed by atoms with E-state index in [1.54, 1.807) is 17.1 Å². The summed E-state index contributed by atoms with van der Waals surface area (Å²) in [4.78, 5) is 18.5. The van der Waals surface area contributed by atoms with Gasteiger partial charge in [0.2, 0.25) is 0 Å². The summed E-state index contributed by atoms with van der Waals surface area (Å²) in [6.07, 6.45) is 6.30. The second-order valence-electron chi connectivity index (χ2n) is 5.44. The van der Waals surface area contributed by atoms with E-state index in [2.05, 4.69) is 22.3 Å². The molecular weight excluding hydrogens is 294 g/mol. The van der Waals surface area contributed by atoms with E-state index in [1.165, 1.54) is 0 Å². The Bertz CT molecular complexity index is 644. The number of urea groups is 1. The number of nitrogens with one attached hydrogen (secondary N) is 1. The smallest absolute Gasteiger partial charge is 0.317 e. The van der Waals surface area contributed by atoms with E-state index in [1.807, 2.05) is 29.3 Å². The van der Waals surface area contributed by atoms with Crippen molar-refractivity contribution in [2.45, 2.75) is 26.0 Å². The van der Waals surface area contributed by atoms with Crippen molar-refractivity contribution in [1.82, 2.24) is 25.0 Å². The van der Waals surface area contributed by atoms with Gasteiger partial charge in [-0.1, -0.05) is 13.0 Å². The molecule has 0 radical (unpaired) electrons. The highest BCUT2D eigenvalue weighted by Gasteiger charge is 2.23. The molecule has 1 atom stereocenters. The summed E-state index contributed by atoms with van der Waals surface area (Å²) >= 11 is 0. The molecule has 1 aliphatic heterocycles. The maximum absolute atomic E-state index is 12.3. The monoisotopic (exact) mass is 315 g/mol. The van der Waals surface area contributed by atoms with E-state index in [0.717, 1.165) is 17.8 Å². The first-order valence-corrected chi connectivity index (χ1v) is 7.86. The molecule has 0 spiro atoms. The van der Waals surface area contributed by atoms with Gasteiger partial charge in [-0.25, -0.2) is 14.5 Å². The largest absolute Gasteiger partial charge is 0.375 e. The number of carbonyl (C=O) groups is 1. The molecule has 2 aromatic heterocycles. The van der Waals surface area contributed by atoms with Crippen LogP contribution in [0.4, 0.5) is 4.79 Å². The number of pyridine rings is 1. The van der Waals surface area contributed by atoms with E-state index >= 15 is 0 Å². The molecule has 2 aromatic rings. The summed E-state index contributed by atoms with van der Waals surface area (Å²) in [6, 6.07) is 5.58. The van der Waals surface area contributed by atoms with Crippen molar-refractivity contribution in [3.8, 4) is 5.82 Å². The summed E-state index contributed by atoms with van der Waals surface area (Å²) < 4.78 is 7.29. The molecule has 0 unspecified atom stereocenters. The Balaban J connectivity index is 1.63. The van der Waals surface area contributed by atoms with Crippen LogP contribution in [0.2, 0.25) is 0 Å². The predicted molar refractivity (Wildman–Crippen MR) is 85.2 cm³/mol. The SMILES string of the molecule is CC[C@H]1CN(C(=O)NCc2cccnc2-n2cccn2)CCO1. The predicted octanol–water partition coefficient (Wildman–Crippen LogP) is 1.59. The molecular formula is C16H21N5O2. The van der Waals surface area contributed by atoms with Crippen molar-refractivity contribution in [2.24, 2.45) is 0 Å². The molecule has 2 amide bonds. The zero-order valence-corrected chi connectivity index (χ0v) is 13.2. The van der Waals surface area contributed by atoms with Gasteiger partial charge in [0.25, 0.3) is 0 Å². The van der Waals surface area contributed by atoms with Crippen LogP contribution in [0, 0.1) is 0 Å². The number of carbonyl (C=O) groups excluding carboxylic acids is 1. The minimum absolute atomic E-state index is 0.0676. The average Bonchev–Trinajstić information content (AvgIpc) is 3.14. The highest BCUT2D eigenvalue weighted by Crippen LogP contribution is 2.11. The van der Waals surface area contributed by atoms with Crippen LogP contribution < -0.4 is 5.32 Å². The van der Waals surface area contributed by atoms with Crippen molar-refractivity contribution in [3.05, 3.63) is 42.4 Å². The maximum Gasteiger partial charge on any atom is 0.317 e. The van der Waals surface area contributed by atoms with Crippen LogP contribution in [0.1, 0.15) is 18.9 Å². The molecule has 122 valence electrons. The molecule has 0 saturated carbocycles. The Hall–Kier alpha value is -2.41. The van der Waals surface area contributed by atoms with Gasteiger partial charge in [0.15, 0.2) is 5.82 Å². The summed E-state index contributed by atoms with van der Waals surface area (Å²) in [6.45, 7) is 4.34. The third-order valence-corrected chi connectivity index (χ3v) is 3.90. The van der Waals surface area contributed by atoms with Gasteiger partial charge in [-0.2, -0.15) is 5.10 Å². The molecule has 1 fully saturated rings. The minimum Gasteiger partial charge on any atom is -0.375 e. The van der Waals surface area contributed by atoms with Crippen LogP contribution in [0.5, 0.6) is 0 Å². The van der Waals surface area contributed by atoms with Gasteiger partial charge in [0.05, 0.1) is 12.7 Å². The molecule has 3 heterocycles. The van der Waals surface area contributed by atoms with Crippen molar-refractivity contribution >= 4 is 6.03 Å². The first kappa shape index (κ1) is 15.5. The van der Waals surface area contributed by atoms with Crippen molar-refractivity contribution in [1.29, 1.82) is 0 Å². The molecule has 1 saturated heterocycles. The Labute approximate surface area is 135 Å². The van der Waals surface area contributed by atoms with Gasteiger partial charge in [-0.05, 0) is 18.6 Å². The molecule has 23 heavy (non-hydrogen) atoms. The van der Waals surface area contributed by atoms with Crippen LogP contribution >= 0.6 is 0 Å². The zero-order valence-electron chi connectivity index (χ0n) is 13.2. The van der Waals surface area contributed by atoms with Crippen LogP contribution in [-0.4, -0.2) is 51.5 Å². The van der Waals surface area contributed by atoms with Crippen LogP contribution in [0.3, 0.4) is 0 Å². The van der Waals surface area contributed by atoms with Crippen molar-refractivity contribution < 1.29 is 9.53 Å². The highest BCUT2D eigenvalue weighted by molar-refractivity contribution is 5.74. The Morgan fingerprint density at radius 3 is 3.13 bits per heavy atom. The normalized spacial score (nSPS) is 18.0. The fraction of sp³-hybridized carbons (Fsp3) is 0.438. The molecule has 0 aromatic carbocycles. The minimum atomic E-state index is -0.0676. The average molecular weight is 315 g/mol. The highest BCUT2D eigenvalue weighted by atomic mass is 16.5. The topological polar surface area (TPSA) is 72.3 Å². The number of aromatic nitrogens is 3. The van der Waals surface area contributed by atoms with E-state index in [-0.39, 0.29) is 12.1 Å². The lowest BCUT2D eigenvalue weighted by atomic mass is 10.2. The molecule has 1 N–H and O–H groups in total. The third kappa shape index (κ3) is 3.68. The quantitative estimate of drug-likeness (QED) is 0.930. The Morgan fingerprint density at radius 2 is 2.35 bits per heavy atom. The Morgan fingerprint density at radius 1 is 1.43 bits per heavy atom. The summed E-state index contributed by atoms with van der Waals surface area (Å²) in [5.74, 6) is 0.728. The fourth-order valence-electron chi connectivity index (χ4n) is 2.60. The molecule has 3 rings (SSSR count). The lowest BCUT2D eigenvalue weighted by Gasteiger charge is -2.32. The van der Waals surface area contributed by atoms with E-state index in [4.69, 9.17) is 4.74 Å². The fourth-order valence-corrected chi connectivity index (χ4v) is 2.60. The van der Waals surface area contributed by atoms with Gasteiger partial charge < -0.3 is 15.0 Å². The van der Waals surface area contributed by atoms with Crippen LogP contribution in [0.25, 0.3) is 5.82 Å². The number of hydrogen-bond acceptors (Lipinski definition) is 4. The number of rotatable bonds is 4. The molecule has 7 nitrogen and oxygen atoms in total. The van der Waals surface area contributed by atoms with Crippen LogP contribution in [-0.2, 0) is 11.3 Å². The second-order valence-corrected chi connectivity index (χ2v) is 5.44. The number of morpholine rings is 1. The number of ether oxygens (including phenoxy) is 1. The summed E-state index contributed by atoms with van der Waals surface area (Å²) in [7, 11) is 0. The standard InChI is InChI=1S/C16H21N5O2/c1-2-14-12-20(9-10-23-14)16(22)18-11-13-5-3-6-17-15(13)21-8-4-7-19-21/h3-8,14H,2,9-12H2,1H3,(H,18,22)/t14-/m0/s1. The van der Waals surface area contributed by atoms with Gasteiger partial charge >= 0.3 is 6.03 Å². The van der Waals surface area contributed by atoms with Gasteiger partial charge in [-0.3, -0.25) is 0 Å². The molecule has 1 aliphatic rings. The number of amides is 2. The van der Waals surface area contributed by atoms with Gasteiger partial charge in [0.1, 0.15) is 0 Å². The molecule has 0 bridgehead atoms. The summed E-state index contributed by atoms with van der Waals surface area (Å²) in [5, 5.41) is 7.17. The number of hydrogen-bond donors (Lipinski definition) is 1.